The molecule has 20 heavy (non-hydrogen) atoms. The second-order valence-electron chi connectivity index (χ2n) is 4.07. The smallest absolute Gasteiger partial charge is 0.265 e. The average molecular weight is 352 g/mol. The Labute approximate surface area is 130 Å². The molecule has 0 aliphatic heterocycles. The van der Waals surface area contributed by atoms with Crippen LogP contribution in [-0.2, 0) is 15.7 Å². The summed E-state index contributed by atoms with van der Waals surface area (Å²) in [6.45, 7) is 4.06. The van der Waals surface area contributed by atoms with Crippen LogP contribution in [0.15, 0.2) is 23.1 Å². The van der Waals surface area contributed by atoms with Crippen LogP contribution in [0.3, 0.4) is 0 Å². The van der Waals surface area contributed by atoms with Gasteiger partial charge in [-0.3, -0.25) is 0 Å². The van der Waals surface area contributed by atoms with Crippen LogP contribution in [0.2, 0.25) is 5.02 Å². The van der Waals surface area contributed by atoms with Gasteiger partial charge in [-0.15, -0.1) is 11.3 Å². The lowest BCUT2D eigenvalue weighted by Gasteiger charge is -2.08. The SMILES string of the molecule is Cc1nc(COc2ccc(Cl)cc2S(=O)(=O)Cl)sc1C. The second-order valence-corrected chi connectivity index (χ2v) is 8.33. The maximum absolute atomic E-state index is 11.5. The average Bonchev–Trinajstić information content (AvgIpc) is 2.66. The van der Waals surface area contributed by atoms with E-state index in [1.807, 2.05) is 13.8 Å². The van der Waals surface area contributed by atoms with Crippen molar-refractivity contribution in [3.05, 3.63) is 38.8 Å². The number of ether oxygens (including phenoxy) is 1. The maximum atomic E-state index is 11.5. The standard InChI is InChI=1S/C12H11Cl2NO3S2/c1-7-8(2)19-12(15-7)6-18-10-4-3-9(13)5-11(10)20(14,16)17/h3-5H,6H2,1-2H3. The van der Waals surface area contributed by atoms with E-state index < -0.39 is 9.05 Å². The van der Waals surface area contributed by atoms with E-state index >= 15 is 0 Å². The van der Waals surface area contributed by atoms with Gasteiger partial charge in [0.2, 0.25) is 0 Å². The molecule has 0 aliphatic rings. The lowest BCUT2D eigenvalue weighted by Crippen LogP contribution is -2.00. The van der Waals surface area contributed by atoms with Gasteiger partial charge in [0.1, 0.15) is 22.3 Å². The van der Waals surface area contributed by atoms with Gasteiger partial charge in [0, 0.05) is 20.6 Å². The van der Waals surface area contributed by atoms with Gasteiger partial charge in [0.25, 0.3) is 9.05 Å². The van der Waals surface area contributed by atoms with E-state index in [0.29, 0.717) is 0 Å². The Bertz CT molecular complexity index is 722. The van der Waals surface area contributed by atoms with Crippen molar-refractivity contribution in [2.45, 2.75) is 25.3 Å². The first kappa shape index (κ1) is 15.6. The molecule has 1 aromatic carbocycles. The second kappa shape index (κ2) is 5.89. The predicted molar refractivity (Wildman–Crippen MR) is 80.4 cm³/mol. The molecule has 0 bridgehead atoms. The number of hydrogen-bond acceptors (Lipinski definition) is 5. The van der Waals surface area contributed by atoms with Gasteiger partial charge >= 0.3 is 0 Å². The molecule has 0 atom stereocenters. The van der Waals surface area contributed by atoms with Gasteiger partial charge in [-0.2, -0.15) is 0 Å². The summed E-state index contributed by atoms with van der Waals surface area (Å²) in [6, 6.07) is 4.28. The highest BCUT2D eigenvalue weighted by atomic mass is 35.7. The molecule has 2 aromatic rings. The summed E-state index contributed by atoms with van der Waals surface area (Å²) < 4.78 is 28.5. The molecule has 0 spiro atoms. The Hall–Kier alpha value is -0.820. The lowest BCUT2D eigenvalue weighted by atomic mass is 10.3. The van der Waals surface area contributed by atoms with Crippen LogP contribution in [0.1, 0.15) is 15.6 Å². The van der Waals surface area contributed by atoms with Crippen LogP contribution in [0.4, 0.5) is 0 Å². The summed E-state index contributed by atoms with van der Waals surface area (Å²) in [5, 5.41) is 1.05. The summed E-state index contributed by atoms with van der Waals surface area (Å²) in [5.41, 5.74) is 0.940. The lowest BCUT2D eigenvalue weighted by molar-refractivity contribution is 0.297. The molecule has 1 heterocycles. The van der Waals surface area contributed by atoms with E-state index in [9.17, 15) is 8.42 Å². The summed E-state index contributed by atoms with van der Waals surface area (Å²) in [7, 11) is 1.45. The molecule has 0 saturated carbocycles. The number of aromatic nitrogens is 1. The molecule has 1 aromatic heterocycles. The van der Waals surface area contributed by atoms with Gasteiger partial charge in [-0.05, 0) is 32.0 Å². The molecule has 0 aliphatic carbocycles. The minimum Gasteiger partial charge on any atom is -0.485 e. The van der Waals surface area contributed by atoms with E-state index in [1.165, 1.54) is 23.5 Å². The van der Waals surface area contributed by atoms with Crippen LogP contribution < -0.4 is 4.74 Å². The molecule has 4 nitrogen and oxygen atoms in total. The Balaban J connectivity index is 2.26. The van der Waals surface area contributed by atoms with Crippen molar-refractivity contribution in [2.75, 3.05) is 0 Å². The number of rotatable bonds is 4. The highest BCUT2D eigenvalue weighted by molar-refractivity contribution is 8.13. The van der Waals surface area contributed by atoms with Crippen LogP contribution in [0.25, 0.3) is 0 Å². The molecule has 0 radical (unpaired) electrons. The van der Waals surface area contributed by atoms with Gasteiger partial charge in [0.15, 0.2) is 0 Å². The molecule has 8 heteroatoms. The van der Waals surface area contributed by atoms with Crippen molar-refractivity contribution in [1.29, 1.82) is 0 Å². The predicted octanol–water partition coefficient (Wildman–Crippen LogP) is 3.92. The van der Waals surface area contributed by atoms with Gasteiger partial charge in [-0.25, -0.2) is 13.4 Å². The fourth-order valence-electron chi connectivity index (χ4n) is 1.53. The zero-order valence-corrected chi connectivity index (χ0v) is 13.8. The van der Waals surface area contributed by atoms with E-state index in [2.05, 4.69) is 4.98 Å². The van der Waals surface area contributed by atoms with Crippen LogP contribution in [-0.4, -0.2) is 13.4 Å². The van der Waals surface area contributed by atoms with Crippen molar-refractivity contribution in [1.82, 2.24) is 4.98 Å². The van der Waals surface area contributed by atoms with E-state index in [4.69, 9.17) is 27.0 Å². The van der Waals surface area contributed by atoms with Crippen molar-refractivity contribution in [3.8, 4) is 5.75 Å². The molecule has 0 N–H and O–H groups in total. The Morgan fingerprint density at radius 2 is 2.05 bits per heavy atom. The van der Waals surface area contributed by atoms with Crippen LogP contribution >= 0.6 is 33.6 Å². The largest absolute Gasteiger partial charge is 0.485 e. The zero-order chi connectivity index (χ0) is 14.9. The number of hydrogen-bond donors (Lipinski definition) is 0. The van der Waals surface area contributed by atoms with Crippen molar-refractivity contribution < 1.29 is 13.2 Å². The molecular weight excluding hydrogens is 341 g/mol. The zero-order valence-electron chi connectivity index (χ0n) is 10.7. The molecule has 108 valence electrons. The monoisotopic (exact) mass is 351 g/mol. The fourth-order valence-corrected chi connectivity index (χ4v) is 3.61. The molecular formula is C12H11Cl2NO3S2. The topological polar surface area (TPSA) is 56.3 Å². The van der Waals surface area contributed by atoms with Gasteiger partial charge < -0.3 is 4.74 Å². The Kier molecular flexibility index (Phi) is 4.59. The number of halogens is 2. The van der Waals surface area contributed by atoms with Gasteiger partial charge in [0.05, 0.1) is 5.69 Å². The maximum Gasteiger partial charge on any atom is 0.265 e. The Morgan fingerprint density at radius 3 is 2.60 bits per heavy atom. The number of aryl methyl sites for hydroxylation is 2. The summed E-state index contributed by atoms with van der Waals surface area (Å²) in [5.74, 6) is 0.162. The van der Waals surface area contributed by atoms with E-state index in [1.54, 1.807) is 6.07 Å². The molecule has 2 rings (SSSR count). The van der Waals surface area contributed by atoms with Crippen LogP contribution in [0, 0.1) is 13.8 Å². The third-order valence-corrected chi connectivity index (χ3v) is 5.22. The highest BCUT2D eigenvalue weighted by Gasteiger charge is 2.18. The van der Waals surface area contributed by atoms with Crippen molar-refractivity contribution >= 4 is 42.7 Å². The first-order valence-corrected chi connectivity index (χ1v) is 9.07. The number of thiazole rings is 1. The fraction of sp³-hybridized carbons (Fsp3) is 0.250. The van der Waals surface area contributed by atoms with E-state index in [-0.39, 0.29) is 22.3 Å². The summed E-state index contributed by atoms with van der Waals surface area (Å²) in [4.78, 5) is 5.28. The summed E-state index contributed by atoms with van der Waals surface area (Å²) in [6.07, 6.45) is 0. The minimum atomic E-state index is -3.92. The Morgan fingerprint density at radius 1 is 1.35 bits per heavy atom. The third kappa shape index (κ3) is 3.63. The molecule has 0 fully saturated rings. The highest BCUT2D eigenvalue weighted by Crippen LogP contribution is 2.30. The first-order chi connectivity index (χ1) is 9.27. The van der Waals surface area contributed by atoms with Gasteiger partial charge in [-0.1, -0.05) is 11.6 Å². The molecule has 0 saturated heterocycles. The number of nitrogens with zero attached hydrogens (tertiary/aromatic N) is 1. The molecule has 0 unspecified atom stereocenters. The quantitative estimate of drug-likeness (QED) is 0.783. The van der Waals surface area contributed by atoms with Crippen molar-refractivity contribution in [3.63, 3.8) is 0 Å². The van der Waals surface area contributed by atoms with Crippen molar-refractivity contribution in [2.24, 2.45) is 0 Å². The minimum absolute atomic E-state index is 0.142. The normalized spacial score (nSPS) is 11.6. The third-order valence-electron chi connectivity index (χ3n) is 2.59. The molecule has 0 amide bonds. The van der Waals surface area contributed by atoms with E-state index in [0.717, 1.165) is 15.6 Å². The first-order valence-electron chi connectivity index (χ1n) is 5.57. The summed E-state index contributed by atoms with van der Waals surface area (Å²) >= 11 is 7.28. The number of benzene rings is 1. The van der Waals surface area contributed by atoms with Crippen LogP contribution in [0.5, 0.6) is 5.75 Å².